The van der Waals surface area contributed by atoms with Crippen LogP contribution in [-0.4, -0.2) is 30.9 Å². The zero-order valence-electron chi connectivity index (χ0n) is 9.36. The van der Waals surface area contributed by atoms with Gasteiger partial charge in [-0.15, -0.1) is 0 Å². The monoisotopic (exact) mass is 294 g/mol. The van der Waals surface area contributed by atoms with Crippen molar-refractivity contribution in [3.63, 3.8) is 0 Å². The molecule has 1 unspecified atom stereocenters. The Kier molecular flexibility index (Phi) is 3.96. The molecule has 1 atom stereocenters. The van der Waals surface area contributed by atoms with Gasteiger partial charge in [0, 0.05) is 17.5 Å². The van der Waals surface area contributed by atoms with Gasteiger partial charge >= 0.3 is 4.87 Å². The van der Waals surface area contributed by atoms with E-state index >= 15 is 0 Å². The molecule has 8 heteroatoms. The SMILES string of the molecule is Cc1[nH]c(=O)sc1S(=O)(=O)NCC1CCCS1. The molecular formula is C9H14N2O3S3. The normalized spacial score (nSPS) is 20.9. The average molecular weight is 294 g/mol. The third-order valence-electron chi connectivity index (χ3n) is 2.55. The van der Waals surface area contributed by atoms with Crippen LogP contribution in [0.2, 0.25) is 0 Å². The lowest BCUT2D eigenvalue weighted by molar-refractivity contribution is 0.580. The Morgan fingerprint density at radius 1 is 1.53 bits per heavy atom. The maximum absolute atomic E-state index is 12.0. The number of aryl methyl sites for hydroxylation is 1. The van der Waals surface area contributed by atoms with Crippen molar-refractivity contribution < 1.29 is 8.42 Å². The topological polar surface area (TPSA) is 79.0 Å². The van der Waals surface area contributed by atoms with Crippen molar-refractivity contribution in [2.45, 2.75) is 29.2 Å². The van der Waals surface area contributed by atoms with Gasteiger partial charge in [-0.05, 0) is 25.5 Å². The molecule has 2 N–H and O–H groups in total. The highest BCUT2D eigenvalue weighted by Gasteiger charge is 2.23. The van der Waals surface area contributed by atoms with Gasteiger partial charge < -0.3 is 4.98 Å². The molecule has 1 aliphatic rings. The van der Waals surface area contributed by atoms with Gasteiger partial charge in [-0.2, -0.15) is 11.8 Å². The molecule has 0 saturated carbocycles. The fourth-order valence-electron chi connectivity index (χ4n) is 1.72. The Balaban J connectivity index is 2.08. The van der Waals surface area contributed by atoms with E-state index in [0.29, 0.717) is 17.5 Å². The molecule has 0 spiro atoms. The summed E-state index contributed by atoms with van der Waals surface area (Å²) in [6.45, 7) is 2.04. The molecule has 0 amide bonds. The molecule has 0 radical (unpaired) electrons. The van der Waals surface area contributed by atoms with Crippen LogP contribution in [-0.2, 0) is 10.0 Å². The van der Waals surface area contributed by atoms with Gasteiger partial charge in [-0.1, -0.05) is 11.3 Å². The molecule has 2 heterocycles. The molecule has 17 heavy (non-hydrogen) atoms. The van der Waals surface area contributed by atoms with Crippen molar-refractivity contribution in [1.29, 1.82) is 0 Å². The number of sulfonamides is 1. The van der Waals surface area contributed by atoms with Crippen molar-refractivity contribution in [2.24, 2.45) is 0 Å². The zero-order chi connectivity index (χ0) is 12.5. The second kappa shape index (κ2) is 5.13. The molecule has 0 aliphatic carbocycles. The summed E-state index contributed by atoms with van der Waals surface area (Å²) in [6.07, 6.45) is 2.20. The summed E-state index contributed by atoms with van der Waals surface area (Å²) in [5.41, 5.74) is 0.409. The van der Waals surface area contributed by atoms with Crippen molar-refractivity contribution in [2.75, 3.05) is 12.3 Å². The number of H-pyrrole nitrogens is 1. The fraction of sp³-hybridized carbons (Fsp3) is 0.667. The Hall–Kier alpha value is -0.310. The van der Waals surface area contributed by atoms with Gasteiger partial charge in [-0.25, -0.2) is 13.1 Å². The lowest BCUT2D eigenvalue weighted by Gasteiger charge is -2.09. The van der Waals surface area contributed by atoms with E-state index in [1.807, 2.05) is 0 Å². The van der Waals surface area contributed by atoms with Crippen LogP contribution in [0.1, 0.15) is 18.5 Å². The number of rotatable bonds is 4. The van der Waals surface area contributed by atoms with Gasteiger partial charge in [0.2, 0.25) is 0 Å². The minimum atomic E-state index is -3.53. The number of aromatic nitrogens is 1. The fourth-order valence-corrected chi connectivity index (χ4v) is 5.45. The molecule has 1 saturated heterocycles. The highest BCUT2D eigenvalue weighted by Crippen LogP contribution is 2.26. The van der Waals surface area contributed by atoms with Gasteiger partial charge in [0.1, 0.15) is 0 Å². The standard InChI is InChI=1S/C9H14N2O3S3/c1-6-8(16-9(12)11-6)17(13,14)10-5-7-3-2-4-15-7/h7,10H,2-5H2,1H3,(H,11,12). The quantitative estimate of drug-likeness (QED) is 0.865. The molecule has 0 bridgehead atoms. The maximum atomic E-state index is 12.0. The maximum Gasteiger partial charge on any atom is 0.305 e. The molecule has 96 valence electrons. The van der Waals surface area contributed by atoms with Crippen LogP contribution in [0.15, 0.2) is 9.00 Å². The second-order valence-electron chi connectivity index (χ2n) is 3.91. The molecule has 2 rings (SSSR count). The summed E-state index contributed by atoms with van der Waals surface area (Å²) in [7, 11) is -3.53. The number of hydrogen-bond donors (Lipinski definition) is 2. The minimum absolute atomic E-state index is 0.102. The molecule has 0 aromatic carbocycles. The van der Waals surface area contributed by atoms with Crippen LogP contribution in [0.5, 0.6) is 0 Å². The summed E-state index contributed by atoms with van der Waals surface area (Å²) in [5.74, 6) is 1.10. The largest absolute Gasteiger partial charge is 0.315 e. The van der Waals surface area contributed by atoms with Crippen LogP contribution >= 0.6 is 23.1 Å². The third kappa shape index (κ3) is 3.12. The van der Waals surface area contributed by atoms with E-state index in [9.17, 15) is 13.2 Å². The number of aromatic amines is 1. The van der Waals surface area contributed by atoms with E-state index in [4.69, 9.17) is 0 Å². The number of thiazole rings is 1. The average Bonchev–Trinajstić information content (AvgIpc) is 2.85. The van der Waals surface area contributed by atoms with Crippen LogP contribution in [0, 0.1) is 6.92 Å². The summed E-state index contributed by atoms with van der Waals surface area (Å²) < 4.78 is 26.6. The highest BCUT2D eigenvalue weighted by molar-refractivity contribution is 8.00. The molecular weight excluding hydrogens is 280 g/mol. The first-order valence-corrected chi connectivity index (χ1v) is 8.65. The zero-order valence-corrected chi connectivity index (χ0v) is 11.8. The van der Waals surface area contributed by atoms with Crippen LogP contribution in [0.25, 0.3) is 0 Å². The third-order valence-corrected chi connectivity index (χ3v) is 6.98. The van der Waals surface area contributed by atoms with E-state index in [2.05, 4.69) is 9.71 Å². The molecule has 1 aromatic rings. The van der Waals surface area contributed by atoms with Gasteiger partial charge in [0.05, 0.1) is 0 Å². The molecule has 5 nitrogen and oxygen atoms in total. The van der Waals surface area contributed by atoms with E-state index in [1.165, 1.54) is 0 Å². The van der Waals surface area contributed by atoms with Crippen molar-refractivity contribution in [1.82, 2.24) is 9.71 Å². The highest BCUT2D eigenvalue weighted by atomic mass is 32.2. The van der Waals surface area contributed by atoms with Gasteiger partial charge in [0.15, 0.2) is 4.21 Å². The molecule has 1 fully saturated rings. The van der Waals surface area contributed by atoms with Crippen molar-refractivity contribution in [3.05, 3.63) is 15.4 Å². The molecule has 1 aromatic heterocycles. The minimum Gasteiger partial charge on any atom is -0.315 e. The Bertz CT molecular complexity index is 540. The summed E-state index contributed by atoms with van der Waals surface area (Å²) in [6, 6.07) is 0. The lowest BCUT2D eigenvalue weighted by atomic mass is 10.2. The van der Waals surface area contributed by atoms with Gasteiger partial charge in [0.25, 0.3) is 10.0 Å². The predicted molar refractivity (Wildman–Crippen MR) is 70.3 cm³/mol. The summed E-state index contributed by atoms with van der Waals surface area (Å²) >= 11 is 2.53. The first-order valence-electron chi connectivity index (χ1n) is 5.30. The predicted octanol–water partition coefficient (Wildman–Crippen LogP) is 0.919. The van der Waals surface area contributed by atoms with Crippen molar-refractivity contribution >= 4 is 33.1 Å². The number of hydrogen-bond acceptors (Lipinski definition) is 5. The summed E-state index contributed by atoms with van der Waals surface area (Å²) in [5, 5.41) is 0.362. The van der Waals surface area contributed by atoms with Crippen LogP contribution in [0.4, 0.5) is 0 Å². The first-order chi connectivity index (χ1) is 7.99. The summed E-state index contributed by atoms with van der Waals surface area (Å²) in [4.78, 5) is 13.2. The number of thioether (sulfide) groups is 1. The second-order valence-corrected chi connectivity index (χ2v) is 8.27. The number of nitrogens with one attached hydrogen (secondary N) is 2. The smallest absolute Gasteiger partial charge is 0.305 e. The first kappa shape index (κ1) is 13.1. The van der Waals surface area contributed by atoms with Crippen LogP contribution in [0.3, 0.4) is 0 Å². The molecule has 1 aliphatic heterocycles. The van der Waals surface area contributed by atoms with E-state index < -0.39 is 10.0 Å². The lowest BCUT2D eigenvalue weighted by Crippen LogP contribution is -2.29. The van der Waals surface area contributed by atoms with E-state index in [1.54, 1.807) is 18.7 Å². The van der Waals surface area contributed by atoms with E-state index in [-0.39, 0.29) is 9.08 Å². The Morgan fingerprint density at radius 3 is 2.82 bits per heavy atom. The van der Waals surface area contributed by atoms with Crippen molar-refractivity contribution in [3.8, 4) is 0 Å². The van der Waals surface area contributed by atoms with Crippen LogP contribution < -0.4 is 9.60 Å². The Labute approximate surface area is 108 Å². The Morgan fingerprint density at radius 2 is 2.29 bits per heavy atom. The van der Waals surface area contributed by atoms with E-state index in [0.717, 1.165) is 29.9 Å². The van der Waals surface area contributed by atoms with Gasteiger partial charge in [-0.3, -0.25) is 4.79 Å².